The van der Waals surface area contributed by atoms with Crippen LogP contribution < -0.4 is 0 Å². The Bertz CT molecular complexity index is 631. The van der Waals surface area contributed by atoms with Crippen LogP contribution in [0, 0.1) is 0 Å². The third-order valence-corrected chi connectivity index (χ3v) is 2.73. The molecule has 16 heavy (non-hydrogen) atoms. The zero-order chi connectivity index (χ0) is 11.0. The number of nitrogens with zero attached hydrogens (tertiary/aromatic N) is 3. The Hall–Kier alpha value is -1.87. The second kappa shape index (κ2) is 3.61. The lowest BCUT2D eigenvalue weighted by Gasteiger charge is -1.99. The molecule has 0 N–H and O–H groups in total. The molecular weight excluding hydrogens is 222 g/mol. The molecule has 4 heteroatoms. The monoisotopic (exact) mass is 229 g/mol. The third-order valence-electron chi connectivity index (χ3n) is 2.45. The van der Waals surface area contributed by atoms with Gasteiger partial charge in [0.05, 0.1) is 5.69 Å². The van der Waals surface area contributed by atoms with Crippen molar-refractivity contribution in [1.29, 1.82) is 0 Å². The molecule has 0 aliphatic carbocycles. The maximum Gasteiger partial charge on any atom is 0.155 e. The van der Waals surface area contributed by atoms with E-state index in [2.05, 4.69) is 9.97 Å². The first-order chi connectivity index (χ1) is 7.86. The van der Waals surface area contributed by atoms with Crippen LogP contribution in [0.5, 0.6) is 0 Å². The number of hydrogen-bond acceptors (Lipinski definition) is 2. The van der Waals surface area contributed by atoms with Crippen molar-refractivity contribution in [2.24, 2.45) is 0 Å². The average molecular weight is 230 g/mol. The minimum atomic E-state index is 0.471. The fourth-order valence-corrected chi connectivity index (χ4v) is 1.96. The van der Waals surface area contributed by atoms with Crippen molar-refractivity contribution >= 4 is 17.1 Å². The molecule has 3 aromatic rings. The predicted molar refractivity (Wildman–Crippen MR) is 63.4 cm³/mol. The molecule has 78 valence electrons. The molecule has 0 aliphatic rings. The topological polar surface area (TPSA) is 30.2 Å². The van der Waals surface area contributed by atoms with Crippen LogP contribution >= 0.6 is 11.6 Å². The van der Waals surface area contributed by atoms with Crippen LogP contribution in [0.1, 0.15) is 0 Å². The standard InChI is InChI=1S/C12H8ClN3/c13-12-11-10(9-4-2-1-3-5-9)15-8-16(11)7-6-14-12/h1-8H. The lowest BCUT2D eigenvalue weighted by Crippen LogP contribution is -1.86. The van der Waals surface area contributed by atoms with E-state index in [1.165, 1.54) is 0 Å². The van der Waals surface area contributed by atoms with Gasteiger partial charge in [0.2, 0.25) is 0 Å². The van der Waals surface area contributed by atoms with E-state index in [0.29, 0.717) is 5.15 Å². The maximum absolute atomic E-state index is 6.08. The molecular formula is C12H8ClN3. The number of benzene rings is 1. The van der Waals surface area contributed by atoms with Crippen molar-refractivity contribution in [2.75, 3.05) is 0 Å². The van der Waals surface area contributed by atoms with E-state index in [-0.39, 0.29) is 0 Å². The lowest BCUT2D eigenvalue weighted by atomic mass is 10.1. The Kier molecular flexibility index (Phi) is 2.11. The number of imidazole rings is 1. The third kappa shape index (κ3) is 1.37. The van der Waals surface area contributed by atoms with Crippen molar-refractivity contribution in [3.05, 3.63) is 54.2 Å². The molecule has 0 saturated heterocycles. The van der Waals surface area contributed by atoms with Gasteiger partial charge in [-0.15, -0.1) is 0 Å². The molecule has 0 bridgehead atoms. The van der Waals surface area contributed by atoms with Crippen molar-refractivity contribution in [3.63, 3.8) is 0 Å². The van der Waals surface area contributed by atoms with Gasteiger partial charge in [-0.1, -0.05) is 41.9 Å². The van der Waals surface area contributed by atoms with E-state index >= 15 is 0 Å². The average Bonchev–Trinajstić information content (AvgIpc) is 2.75. The molecule has 0 spiro atoms. The SMILES string of the molecule is Clc1nccn2cnc(-c3ccccc3)c12. The van der Waals surface area contributed by atoms with E-state index < -0.39 is 0 Å². The first-order valence-electron chi connectivity index (χ1n) is 4.89. The molecule has 2 aromatic heterocycles. The minimum Gasteiger partial charge on any atom is -0.301 e. The first-order valence-corrected chi connectivity index (χ1v) is 5.26. The second-order valence-corrected chi connectivity index (χ2v) is 3.79. The molecule has 1 aromatic carbocycles. The van der Waals surface area contributed by atoms with Crippen LogP contribution in [-0.2, 0) is 0 Å². The summed E-state index contributed by atoms with van der Waals surface area (Å²) in [6.45, 7) is 0. The van der Waals surface area contributed by atoms with Gasteiger partial charge in [-0.3, -0.25) is 0 Å². The van der Waals surface area contributed by atoms with Gasteiger partial charge in [-0.25, -0.2) is 9.97 Å². The van der Waals surface area contributed by atoms with E-state index in [0.717, 1.165) is 16.8 Å². The Morgan fingerprint density at radius 3 is 2.69 bits per heavy atom. The molecule has 2 heterocycles. The van der Waals surface area contributed by atoms with Gasteiger partial charge in [-0.2, -0.15) is 0 Å². The zero-order valence-electron chi connectivity index (χ0n) is 8.34. The molecule has 3 nitrogen and oxygen atoms in total. The molecule has 0 radical (unpaired) electrons. The maximum atomic E-state index is 6.08. The molecule has 3 rings (SSSR count). The summed E-state index contributed by atoms with van der Waals surface area (Å²) in [5.41, 5.74) is 2.74. The summed E-state index contributed by atoms with van der Waals surface area (Å²) in [4.78, 5) is 8.44. The van der Waals surface area contributed by atoms with E-state index in [1.54, 1.807) is 12.5 Å². The van der Waals surface area contributed by atoms with Crippen LogP contribution in [0.4, 0.5) is 0 Å². The smallest absolute Gasteiger partial charge is 0.155 e. The van der Waals surface area contributed by atoms with Gasteiger partial charge in [0.1, 0.15) is 11.8 Å². The number of halogens is 1. The van der Waals surface area contributed by atoms with Crippen molar-refractivity contribution < 1.29 is 0 Å². The summed E-state index contributed by atoms with van der Waals surface area (Å²) in [6.07, 6.45) is 5.23. The van der Waals surface area contributed by atoms with Gasteiger partial charge < -0.3 is 4.40 Å². The summed E-state index contributed by atoms with van der Waals surface area (Å²) in [5.74, 6) is 0. The van der Waals surface area contributed by atoms with Crippen molar-refractivity contribution in [1.82, 2.24) is 14.4 Å². The summed E-state index contributed by atoms with van der Waals surface area (Å²) in [5, 5.41) is 0.471. The highest BCUT2D eigenvalue weighted by Crippen LogP contribution is 2.26. The fraction of sp³-hybridized carbons (Fsp3) is 0. The molecule has 0 atom stereocenters. The van der Waals surface area contributed by atoms with E-state index in [4.69, 9.17) is 11.6 Å². The van der Waals surface area contributed by atoms with Crippen LogP contribution in [0.3, 0.4) is 0 Å². The van der Waals surface area contributed by atoms with Crippen LogP contribution in [-0.4, -0.2) is 14.4 Å². The molecule has 0 aliphatic heterocycles. The highest BCUT2D eigenvalue weighted by atomic mass is 35.5. The predicted octanol–water partition coefficient (Wildman–Crippen LogP) is 3.05. The van der Waals surface area contributed by atoms with Gasteiger partial charge in [0.25, 0.3) is 0 Å². The quantitative estimate of drug-likeness (QED) is 0.642. The number of rotatable bonds is 1. The minimum absolute atomic E-state index is 0.471. The van der Waals surface area contributed by atoms with Gasteiger partial charge in [-0.05, 0) is 0 Å². The second-order valence-electron chi connectivity index (χ2n) is 3.43. The molecule has 0 unspecified atom stereocenters. The fourth-order valence-electron chi connectivity index (χ4n) is 1.72. The summed E-state index contributed by atoms with van der Waals surface area (Å²) < 4.78 is 1.87. The first kappa shape index (κ1) is 9.36. The molecule has 0 fully saturated rings. The largest absolute Gasteiger partial charge is 0.301 e. The molecule has 0 amide bonds. The Balaban J connectivity index is 2.33. The molecule has 0 saturated carbocycles. The van der Waals surface area contributed by atoms with E-state index in [1.807, 2.05) is 40.9 Å². The summed E-state index contributed by atoms with van der Waals surface area (Å²) in [7, 11) is 0. The highest BCUT2D eigenvalue weighted by molar-refractivity contribution is 6.33. The van der Waals surface area contributed by atoms with Crippen LogP contribution in [0.25, 0.3) is 16.8 Å². The normalized spacial score (nSPS) is 10.8. The number of fused-ring (bicyclic) bond motifs is 1. The van der Waals surface area contributed by atoms with Crippen molar-refractivity contribution in [2.45, 2.75) is 0 Å². The van der Waals surface area contributed by atoms with Gasteiger partial charge in [0, 0.05) is 18.0 Å². The van der Waals surface area contributed by atoms with Crippen LogP contribution in [0.15, 0.2) is 49.1 Å². The summed E-state index contributed by atoms with van der Waals surface area (Å²) in [6, 6.07) is 9.94. The van der Waals surface area contributed by atoms with Gasteiger partial charge >= 0.3 is 0 Å². The Morgan fingerprint density at radius 1 is 1.06 bits per heavy atom. The number of hydrogen-bond donors (Lipinski definition) is 0. The highest BCUT2D eigenvalue weighted by Gasteiger charge is 2.10. The van der Waals surface area contributed by atoms with E-state index in [9.17, 15) is 0 Å². The Morgan fingerprint density at radius 2 is 1.88 bits per heavy atom. The summed E-state index contributed by atoms with van der Waals surface area (Å²) >= 11 is 6.08. The van der Waals surface area contributed by atoms with Gasteiger partial charge in [0.15, 0.2) is 5.15 Å². The van der Waals surface area contributed by atoms with Crippen LogP contribution in [0.2, 0.25) is 5.15 Å². The van der Waals surface area contributed by atoms with Crippen molar-refractivity contribution in [3.8, 4) is 11.3 Å². The Labute approximate surface area is 97.3 Å². The lowest BCUT2D eigenvalue weighted by molar-refractivity contribution is 1.12. The number of aromatic nitrogens is 3. The zero-order valence-corrected chi connectivity index (χ0v) is 9.09.